The summed E-state index contributed by atoms with van der Waals surface area (Å²) in [6.07, 6.45) is 6.06. The molecule has 3 rings (SSSR count). The van der Waals surface area contributed by atoms with Gasteiger partial charge in [0.1, 0.15) is 5.01 Å². The van der Waals surface area contributed by atoms with Crippen LogP contribution in [0.15, 0.2) is 6.20 Å². The monoisotopic (exact) mass is 295 g/mol. The van der Waals surface area contributed by atoms with Crippen LogP contribution in [-0.4, -0.2) is 40.2 Å². The maximum absolute atomic E-state index is 12.4. The van der Waals surface area contributed by atoms with Gasteiger partial charge in [0.25, 0.3) is 0 Å². The number of nitrogens with zero attached hydrogens (tertiary/aromatic N) is 2. The van der Waals surface area contributed by atoms with Crippen molar-refractivity contribution in [3.05, 3.63) is 16.1 Å². The molecule has 1 aliphatic carbocycles. The van der Waals surface area contributed by atoms with E-state index >= 15 is 0 Å². The zero-order chi connectivity index (χ0) is 14.1. The van der Waals surface area contributed by atoms with Gasteiger partial charge in [-0.15, -0.1) is 11.3 Å². The topological polar surface area (TPSA) is 65.5 Å². The first-order valence-electron chi connectivity index (χ1n) is 7.29. The van der Waals surface area contributed by atoms with Crippen LogP contribution in [0.4, 0.5) is 4.79 Å². The van der Waals surface area contributed by atoms with Gasteiger partial charge >= 0.3 is 6.03 Å². The zero-order valence-corrected chi connectivity index (χ0v) is 12.5. The molecular formula is C14H21N3O2S. The minimum absolute atomic E-state index is 0.0205. The summed E-state index contributed by atoms with van der Waals surface area (Å²) in [5.41, 5.74) is 0. The Morgan fingerprint density at radius 2 is 2.40 bits per heavy atom. The van der Waals surface area contributed by atoms with Gasteiger partial charge in [-0.1, -0.05) is 0 Å². The van der Waals surface area contributed by atoms with Gasteiger partial charge in [0.15, 0.2) is 0 Å². The van der Waals surface area contributed by atoms with Gasteiger partial charge in [0.05, 0.1) is 18.7 Å². The Labute approximate surface area is 123 Å². The maximum atomic E-state index is 12.4. The summed E-state index contributed by atoms with van der Waals surface area (Å²) in [4.78, 5) is 19.8. The number of nitrogens with one attached hydrogen (secondary N) is 1. The number of carbonyl (C=O) groups is 1. The largest absolute Gasteiger partial charge is 0.394 e. The minimum atomic E-state index is -0.0497. The van der Waals surface area contributed by atoms with Crippen LogP contribution >= 0.6 is 11.3 Å². The number of carbonyl (C=O) groups excluding carboxylic acids is 1. The molecule has 0 unspecified atom stereocenters. The molecule has 6 heteroatoms. The highest BCUT2D eigenvalue weighted by Crippen LogP contribution is 2.42. The third-order valence-electron chi connectivity index (χ3n) is 4.13. The fourth-order valence-electron chi connectivity index (χ4n) is 2.84. The zero-order valence-electron chi connectivity index (χ0n) is 11.7. The lowest BCUT2D eigenvalue weighted by Crippen LogP contribution is -2.45. The number of urea groups is 1. The van der Waals surface area contributed by atoms with Crippen molar-refractivity contribution in [2.75, 3.05) is 13.2 Å². The molecule has 2 atom stereocenters. The number of likely N-dealkylation sites (tertiary alicyclic amines) is 1. The van der Waals surface area contributed by atoms with Crippen molar-refractivity contribution in [3.63, 3.8) is 0 Å². The Kier molecular flexibility index (Phi) is 3.94. The van der Waals surface area contributed by atoms with Crippen LogP contribution in [0.1, 0.15) is 41.6 Å². The van der Waals surface area contributed by atoms with E-state index in [1.807, 2.05) is 13.1 Å². The fraction of sp³-hybridized carbons (Fsp3) is 0.714. The fourth-order valence-corrected chi connectivity index (χ4v) is 3.75. The molecule has 2 N–H and O–H groups in total. The van der Waals surface area contributed by atoms with E-state index in [9.17, 15) is 9.90 Å². The summed E-state index contributed by atoms with van der Waals surface area (Å²) in [5, 5.41) is 13.5. The highest BCUT2D eigenvalue weighted by molar-refractivity contribution is 7.11. The molecule has 1 saturated carbocycles. The molecule has 0 bridgehead atoms. The van der Waals surface area contributed by atoms with E-state index in [1.54, 1.807) is 16.2 Å². The quantitative estimate of drug-likeness (QED) is 0.893. The van der Waals surface area contributed by atoms with Crippen LogP contribution in [0.3, 0.4) is 0 Å². The van der Waals surface area contributed by atoms with E-state index < -0.39 is 0 Å². The van der Waals surface area contributed by atoms with Crippen molar-refractivity contribution >= 4 is 17.4 Å². The smallest absolute Gasteiger partial charge is 0.318 e. The lowest BCUT2D eigenvalue weighted by Gasteiger charge is -2.26. The lowest BCUT2D eigenvalue weighted by molar-refractivity contribution is 0.153. The van der Waals surface area contributed by atoms with Crippen LogP contribution in [0, 0.1) is 12.8 Å². The molecule has 2 heterocycles. The Hall–Kier alpha value is -1.14. The second kappa shape index (κ2) is 5.69. The average molecular weight is 295 g/mol. The number of rotatable bonds is 4. The van der Waals surface area contributed by atoms with E-state index in [0.717, 1.165) is 37.2 Å². The van der Waals surface area contributed by atoms with E-state index in [0.29, 0.717) is 5.92 Å². The number of aliphatic hydroxyl groups excluding tert-OH is 1. The van der Waals surface area contributed by atoms with E-state index in [1.165, 1.54) is 4.88 Å². The Morgan fingerprint density at radius 1 is 1.60 bits per heavy atom. The molecule has 2 fully saturated rings. The first-order valence-corrected chi connectivity index (χ1v) is 8.11. The van der Waals surface area contributed by atoms with Gasteiger partial charge < -0.3 is 15.3 Å². The number of aliphatic hydroxyl groups is 1. The van der Waals surface area contributed by atoms with E-state index in [2.05, 4.69) is 10.3 Å². The van der Waals surface area contributed by atoms with Crippen molar-refractivity contribution < 1.29 is 9.90 Å². The number of aryl methyl sites for hydroxylation is 1. The predicted octanol–water partition coefficient (Wildman–Crippen LogP) is 2.07. The third-order valence-corrected chi connectivity index (χ3v) is 5.12. The van der Waals surface area contributed by atoms with Crippen LogP contribution in [0.25, 0.3) is 0 Å². The van der Waals surface area contributed by atoms with Gasteiger partial charge in [-0.05, 0) is 38.5 Å². The first kappa shape index (κ1) is 13.8. The molecule has 20 heavy (non-hydrogen) atoms. The van der Waals surface area contributed by atoms with Gasteiger partial charge in [-0.3, -0.25) is 0 Å². The number of hydrogen-bond acceptors (Lipinski definition) is 4. The standard InChI is InChI=1S/C14H21N3O2S/c1-9-7-15-13(20-9)12(10-4-5-10)16-14(19)17-6-2-3-11(17)8-18/h7,10-12,18H,2-6,8H2,1H3,(H,16,19)/t11-,12+/m1/s1. The normalized spacial score (nSPS) is 23.9. The van der Waals surface area contributed by atoms with Crippen molar-refractivity contribution in [1.82, 2.24) is 15.2 Å². The van der Waals surface area contributed by atoms with Crippen LogP contribution in [0.5, 0.6) is 0 Å². The van der Waals surface area contributed by atoms with Crippen molar-refractivity contribution in [1.29, 1.82) is 0 Å². The number of hydrogen-bond donors (Lipinski definition) is 2. The molecule has 0 aromatic carbocycles. The number of aromatic nitrogens is 1. The van der Waals surface area contributed by atoms with Crippen molar-refractivity contribution in [3.8, 4) is 0 Å². The highest BCUT2D eigenvalue weighted by atomic mass is 32.1. The molecule has 1 aliphatic heterocycles. The molecule has 0 radical (unpaired) electrons. The third kappa shape index (κ3) is 2.81. The summed E-state index contributed by atoms with van der Waals surface area (Å²) in [7, 11) is 0. The maximum Gasteiger partial charge on any atom is 0.318 e. The number of amides is 2. The van der Waals surface area contributed by atoms with Gasteiger partial charge in [0, 0.05) is 17.6 Å². The predicted molar refractivity (Wildman–Crippen MR) is 77.7 cm³/mol. The van der Waals surface area contributed by atoms with Crippen LogP contribution in [-0.2, 0) is 0 Å². The second-order valence-electron chi connectivity index (χ2n) is 5.75. The number of thiazole rings is 1. The summed E-state index contributed by atoms with van der Waals surface area (Å²) < 4.78 is 0. The van der Waals surface area contributed by atoms with Crippen molar-refractivity contribution in [2.45, 2.75) is 44.7 Å². The molecule has 1 aromatic heterocycles. The van der Waals surface area contributed by atoms with Crippen LogP contribution in [0.2, 0.25) is 0 Å². The molecule has 0 spiro atoms. The summed E-state index contributed by atoms with van der Waals surface area (Å²) in [6, 6.07) is -0.0275. The molecular weight excluding hydrogens is 274 g/mol. The highest BCUT2D eigenvalue weighted by Gasteiger charge is 2.37. The Bertz CT molecular complexity index is 487. The summed E-state index contributed by atoms with van der Waals surface area (Å²) >= 11 is 1.66. The lowest BCUT2D eigenvalue weighted by atomic mass is 10.2. The van der Waals surface area contributed by atoms with E-state index in [-0.39, 0.29) is 24.7 Å². The molecule has 110 valence electrons. The minimum Gasteiger partial charge on any atom is -0.394 e. The Balaban J connectivity index is 1.69. The van der Waals surface area contributed by atoms with Gasteiger partial charge in [-0.25, -0.2) is 9.78 Å². The summed E-state index contributed by atoms with van der Waals surface area (Å²) in [6.45, 7) is 2.83. The average Bonchev–Trinajstić information content (AvgIpc) is 2.99. The molecule has 5 nitrogen and oxygen atoms in total. The van der Waals surface area contributed by atoms with Crippen LogP contribution < -0.4 is 5.32 Å². The second-order valence-corrected chi connectivity index (χ2v) is 7.01. The summed E-state index contributed by atoms with van der Waals surface area (Å²) in [5.74, 6) is 0.527. The van der Waals surface area contributed by atoms with Gasteiger partial charge in [0.2, 0.25) is 0 Å². The van der Waals surface area contributed by atoms with E-state index in [4.69, 9.17) is 0 Å². The SMILES string of the molecule is Cc1cnc([C@@H](NC(=O)N2CCC[C@@H]2CO)C2CC2)s1. The molecule has 2 aliphatic rings. The Morgan fingerprint density at radius 3 is 3.00 bits per heavy atom. The van der Waals surface area contributed by atoms with Crippen molar-refractivity contribution in [2.24, 2.45) is 5.92 Å². The molecule has 2 amide bonds. The molecule has 1 aromatic rings. The van der Waals surface area contributed by atoms with Gasteiger partial charge in [-0.2, -0.15) is 0 Å². The molecule has 1 saturated heterocycles. The first-order chi connectivity index (χ1) is 9.69.